The number of hydrogen-bond acceptors (Lipinski definition) is 3. The number of nitrogens with two attached hydrogens (primary N) is 1. The van der Waals surface area contributed by atoms with Gasteiger partial charge in [0.15, 0.2) is 0 Å². The van der Waals surface area contributed by atoms with Crippen molar-refractivity contribution in [3.63, 3.8) is 0 Å². The summed E-state index contributed by atoms with van der Waals surface area (Å²) in [5.74, 6) is 0.545. The van der Waals surface area contributed by atoms with Gasteiger partial charge in [0, 0.05) is 5.02 Å². The fourth-order valence-electron chi connectivity index (χ4n) is 1.60. The van der Waals surface area contributed by atoms with E-state index in [9.17, 15) is 4.79 Å². The number of benzene rings is 2. The summed E-state index contributed by atoms with van der Waals surface area (Å²) in [5.41, 5.74) is 5.67. The first-order chi connectivity index (χ1) is 10.1. The minimum Gasteiger partial charge on any atom is -0.457 e. The number of amides is 1. The quantitative estimate of drug-likeness (QED) is 0.693. The van der Waals surface area contributed by atoms with Crippen LogP contribution in [0.5, 0.6) is 11.5 Å². The van der Waals surface area contributed by atoms with Crippen LogP contribution >= 0.6 is 11.6 Å². The predicted molar refractivity (Wildman–Crippen MR) is 80.8 cm³/mol. The molecular weight excluding hydrogens is 288 g/mol. The van der Waals surface area contributed by atoms with Crippen molar-refractivity contribution >= 4 is 23.6 Å². The Hall–Kier alpha value is -2.77. The van der Waals surface area contributed by atoms with E-state index in [1.807, 2.05) is 0 Å². The molecule has 2 N–H and O–H groups in total. The van der Waals surface area contributed by atoms with Gasteiger partial charge >= 0.3 is 0 Å². The van der Waals surface area contributed by atoms with Gasteiger partial charge in [0.2, 0.25) is 0 Å². The van der Waals surface area contributed by atoms with Gasteiger partial charge in [0.1, 0.15) is 23.1 Å². The van der Waals surface area contributed by atoms with Gasteiger partial charge < -0.3 is 10.5 Å². The van der Waals surface area contributed by atoms with Gasteiger partial charge in [0.05, 0.1) is 0 Å². The molecule has 4 nitrogen and oxygen atoms in total. The molecule has 0 aliphatic carbocycles. The maximum absolute atomic E-state index is 11.0. The van der Waals surface area contributed by atoms with Gasteiger partial charge in [-0.3, -0.25) is 4.79 Å². The topological polar surface area (TPSA) is 76.1 Å². The average molecular weight is 299 g/mol. The number of nitrogens with zero attached hydrogens (tertiary/aromatic N) is 1. The number of ether oxygens (including phenoxy) is 1. The first kappa shape index (κ1) is 14.6. The van der Waals surface area contributed by atoms with Gasteiger partial charge in [-0.1, -0.05) is 23.7 Å². The van der Waals surface area contributed by atoms with Crippen molar-refractivity contribution in [1.82, 2.24) is 0 Å². The van der Waals surface area contributed by atoms with Crippen molar-refractivity contribution in [3.05, 3.63) is 64.7 Å². The van der Waals surface area contributed by atoms with Crippen LogP contribution < -0.4 is 10.5 Å². The van der Waals surface area contributed by atoms with Crippen molar-refractivity contribution in [2.75, 3.05) is 0 Å². The largest absolute Gasteiger partial charge is 0.457 e. The molecule has 0 aliphatic heterocycles. The van der Waals surface area contributed by atoms with Crippen LogP contribution in [0.25, 0.3) is 6.08 Å². The summed E-state index contributed by atoms with van der Waals surface area (Å²) in [6.45, 7) is 0. The van der Waals surface area contributed by atoms with E-state index in [0.717, 1.165) is 0 Å². The van der Waals surface area contributed by atoms with Crippen molar-refractivity contribution in [1.29, 1.82) is 5.26 Å². The zero-order chi connectivity index (χ0) is 15.2. The summed E-state index contributed by atoms with van der Waals surface area (Å²) < 4.78 is 5.63. The van der Waals surface area contributed by atoms with E-state index < -0.39 is 5.91 Å². The van der Waals surface area contributed by atoms with Crippen LogP contribution in [-0.2, 0) is 4.79 Å². The highest BCUT2D eigenvalue weighted by Gasteiger charge is 2.03. The molecule has 5 heteroatoms. The smallest absolute Gasteiger partial charge is 0.259 e. The van der Waals surface area contributed by atoms with Crippen molar-refractivity contribution in [2.24, 2.45) is 5.73 Å². The highest BCUT2D eigenvalue weighted by atomic mass is 35.5. The highest BCUT2D eigenvalue weighted by Crippen LogP contribution is 2.23. The van der Waals surface area contributed by atoms with Crippen LogP contribution in [0, 0.1) is 11.3 Å². The van der Waals surface area contributed by atoms with Gasteiger partial charge in [-0.15, -0.1) is 0 Å². The van der Waals surface area contributed by atoms with Crippen LogP contribution in [0.2, 0.25) is 5.02 Å². The summed E-state index contributed by atoms with van der Waals surface area (Å²) >= 11 is 5.80. The Kier molecular flexibility index (Phi) is 4.60. The first-order valence-electron chi connectivity index (χ1n) is 6.03. The number of carbonyl (C=O) groups excluding carboxylic acids is 1. The van der Waals surface area contributed by atoms with E-state index in [2.05, 4.69) is 0 Å². The Balaban J connectivity index is 2.14. The molecule has 0 bridgehead atoms. The van der Waals surface area contributed by atoms with Crippen molar-refractivity contribution in [2.45, 2.75) is 0 Å². The zero-order valence-electron chi connectivity index (χ0n) is 10.9. The normalized spacial score (nSPS) is 10.8. The van der Waals surface area contributed by atoms with Crippen LogP contribution in [-0.4, -0.2) is 5.91 Å². The highest BCUT2D eigenvalue weighted by molar-refractivity contribution is 6.30. The number of halogens is 1. The Labute approximate surface area is 127 Å². The number of nitriles is 1. The lowest BCUT2D eigenvalue weighted by Crippen LogP contribution is -2.12. The minimum absolute atomic E-state index is 0.0960. The summed E-state index contributed by atoms with van der Waals surface area (Å²) in [5, 5.41) is 9.41. The van der Waals surface area contributed by atoms with E-state index in [1.54, 1.807) is 54.6 Å². The molecule has 0 heterocycles. The molecule has 2 aromatic rings. The molecule has 0 unspecified atom stereocenters. The summed E-state index contributed by atoms with van der Waals surface area (Å²) in [4.78, 5) is 11.0. The second-order valence-corrected chi connectivity index (χ2v) is 4.60. The number of primary amides is 1. The van der Waals surface area contributed by atoms with E-state index in [0.29, 0.717) is 22.1 Å². The molecule has 0 spiro atoms. The second kappa shape index (κ2) is 6.60. The standard InChI is InChI=1S/C16H11ClN2O2/c17-13-3-7-15(8-4-13)21-14-5-1-11(2-6-14)9-12(10-18)16(19)20/h1-9H,(H2,19,20)/b12-9-. The van der Waals surface area contributed by atoms with Gasteiger partial charge in [-0.25, -0.2) is 0 Å². The predicted octanol–water partition coefficient (Wildman–Crippen LogP) is 3.52. The fourth-order valence-corrected chi connectivity index (χ4v) is 1.72. The third kappa shape index (κ3) is 4.10. The Morgan fingerprint density at radius 2 is 1.62 bits per heavy atom. The SMILES string of the molecule is N#C/C(=C/c1ccc(Oc2ccc(Cl)cc2)cc1)C(N)=O. The Morgan fingerprint density at radius 3 is 2.10 bits per heavy atom. The van der Waals surface area contributed by atoms with Crippen LogP contribution in [0.3, 0.4) is 0 Å². The summed E-state index contributed by atoms with van der Waals surface area (Å²) in [6, 6.07) is 15.7. The monoisotopic (exact) mass is 298 g/mol. The molecule has 21 heavy (non-hydrogen) atoms. The van der Waals surface area contributed by atoms with Gasteiger partial charge in [0.25, 0.3) is 5.91 Å². The number of rotatable bonds is 4. The van der Waals surface area contributed by atoms with Crippen LogP contribution in [0.15, 0.2) is 54.1 Å². The molecule has 0 radical (unpaired) electrons. The molecule has 0 aromatic heterocycles. The third-order valence-corrected chi connectivity index (χ3v) is 2.88. The molecule has 0 aliphatic rings. The van der Waals surface area contributed by atoms with E-state index >= 15 is 0 Å². The van der Waals surface area contributed by atoms with Crippen molar-refractivity contribution < 1.29 is 9.53 Å². The molecular formula is C16H11ClN2O2. The molecule has 104 valence electrons. The van der Waals surface area contributed by atoms with Crippen LogP contribution in [0.1, 0.15) is 5.56 Å². The minimum atomic E-state index is -0.751. The lowest BCUT2D eigenvalue weighted by molar-refractivity contribution is -0.114. The number of hydrogen-bond donors (Lipinski definition) is 1. The maximum atomic E-state index is 11.0. The third-order valence-electron chi connectivity index (χ3n) is 2.63. The fraction of sp³-hybridized carbons (Fsp3) is 0. The molecule has 1 amide bonds. The second-order valence-electron chi connectivity index (χ2n) is 4.16. The molecule has 0 atom stereocenters. The lowest BCUT2D eigenvalue weighted by Gasteiger charge is -2.05. The van der Waals surface area contributed by atoms with E-state index in [-0.39, 0.29) is 5.57 Å². The summed E-state index contributed by atoms with van der Waals surface area (Å²) in [7, 11) is 0. The maximum Gasteiger partial charge on any atom is 0.259 e. The molecule has 2 aromatic carbocycles. The molecule has 0 saturated heterocycles. The van der Waals surface area contributed by atoms with Gasteiger partial charge in [-0.05, 0) is 48.0 Å². The first-order valence-corrected chi connectivity index (χ1v) is 6.41. The number of carbonyl (C=O) groups is 1. The van der Waals surface area contributed by atoms with Crippen molar-refractivity contribution in [3.8, 4) is 17.6 Å². The van der Waals surface area contributed by atoms with E-state index in [4.69, 9.17) is 27.3 Å². The molecule has 0 saturated carbocycles. The Morgan fingerprint density at radius 1 is 1.10 bits per heavy atom. The summed E-state index contributed by atoms with van der Waals surface area (Å²) in [6.07, 6.45) is 1.43. The average Bonchev–Trinajstić information content (AvgIpc) is 2.48. The van der Waals surface area contributed by atoms with E-state index in [1.165, 1.54) is 6.08 Å². The molecule has 2 rings (SSSR count). The Bertz CT molecular complexity index is 713. The lowest BCUT2D eigenvalue weighted by atomic mass is 10.1. The molecule has 0 fully saturated rings. The van der Waals surface area contributed by atoms with Crippen LogP contribution in [0.4, 0.5) is 0 Å². The zero-order valence-corrected chi connectivity index (χ0v) is 11.7. The van der Waals surface area contributed by atoms with Gasteiger partial charge in [-0.2, -0.15) is 5.26 Å².